The van der Waals surface area contributed by atoms with Gasteiger partial charge in [-0.25, -0.2) is 4.79 Å². The fourth-order valence-corrected chi connectivity index (χ4v) is 2.77. The van der Waals surface area contributed by atoms with Gasteiger partial charge >= 0.3 is 6.16 Å². The van der Waals surface area contributed by atoms with E-state index in [9.17, 15) is 4.79 Å². The highest BCUT2D eigenvalue weighted by molar-refractivity contribution is 5.64. The van der Waals surface area contributed by atoms with E-state index >= 15 is 0 Å². The summed E-state index contributed by atoms with van der Waals surface area (Å²) in [5.74, 6) is 0.466. The Morgan fingerprint density at radius 1 is 1.33 bits per heavy atom. The Morgan fingerprint density at radius 3 is 2.28 bits per heavy atom. The molecule has 3 heteroatoms. The molecule has 0 atom stereocenters. The minimum absolute atomic E-state index is 0.0415. The number of aryl methyl sites for hydroxylation is 1. The van der Waals surface area contributed by atoms with Crippen LogP contribution in [0, 0.1) is 13.8 Å². The van der Waals surface area contributed by atoms with Crippen LogP contribution in [0.4, 0.5) is 4.79 Å². The predicted molar refractivity (Wildman–Crippen MR) is 72.6 cm³/mol. The first-order valence-corrected chi connectivity index (χ1v) is 6.22. The standard InChI is InChI=1S/C15H22O3/c1-7-11-10(3)13(15(4,5)6)9(2)8-12(11)18-14(16)17/h8H,7H2,1-6H3,(H,16,17). The molecule has 0 saturated heterocycles. The van der Waals surface area contributed by atoms with Gasteiger partial charge in [0.15, 0.2) is 0 Å². The molecule has 0 aromatic heterocycles. The van der Waals surface area contributed by atoms with Gasteiger partial charge in [0.25, 0.3) is 0 Å². The Morgan fingerprint density at radius 2 is 1.89 bits per heavy atom. The van der Waals surface area contributed by atoms with Crippen LogP contribution in [-0.4, -0.2) is 11.3 Å². The average molecular weight is 250 g/mol. The van der Waals surface area contributed by atoms with Crippen molar-refractivity contribution in [2.75, 3.05) is 0 Å². The van der Waals surface area contributed by atoms with E-state index in [4.69, 9.17) is 9.84 Å². The monoisotopic (exact) mass is 250 g/mol. The second-order valence-electron chi connectivity index (χ2n) is 5.64. The van der Waals surface area contributed by atoms with Crippen molar-refractivity contribution < 1.29 is 14.6 Å². The van der Waals surface area contributed by atoms with E-state index in [1.165, 1.54) is 5.56 Å². The molecule has 18 heavy (non-hydrogen) atoms. The molecule has 0 amide bonds. The van der Waals surface area contributed by atoms with Gasteiger partial charge in [-0.1, -0.05) is 27.7 Å². The van der Waals surface area contributed by atoms with E-state index in [1.807, 2.05) is 26.8 Å². The van der Waals surface area contributed by atoms with Gasteiger partial charge < -0.3 is 9.84 Å². The number of carboxylic acid groups (broad SMARTS) is 1. The molecule has 3 nitrogen and oxygen atoms in total. The first kappa shape index (κ1) is 14.6. The van der Waals surface area contributed by atoms with E-state index in [0.717, 1.165) is 23.1 Å². The Kier molecular flexibility index (Phi) is 4.05. The molecule has 0 bridgehead atoms. The summed E-state index contributed by atoms with van der Waals surface area (Å²) in [5.41, 5.74) is 4.51. The van der Waals surface area contributed by atoms with Gasteiger partial charge in [-0.2, -0.15) is 0 Å². The molecule has 0 fully saturated rings. The van der Waals surface area contributed by atoms with E-state index < -0.39 is 6.16 Å². The number of hydrogen-bond acceptors (Lipinski definition) is 2. The second kappa shape index (κ2) is 5.01. The van der Waals surface area contributed by atoms with Gasteiger partial charge in [0.2, 0.25) is 0 Å². The third kappa shape index (κ3) is 2.84. The van der Waals surface area contributed by atoms with Crippen molar-refractivity contribution in [3.63, 3.8) is 0 Å². The number of hydrogen-bond donors (Lipinski definition) is 1. The van der Waals surface area contributed by atoms with E-state index in [1.54, 1.807) is 0 Å². The summed E-state index contributed by atoms with van der Waals surface area (Å²) in [4.78, 5) is 10.7. The first-order chi connectivity index (χ1) is 8.18. The SMILES string of the molecule is CCc1c(OC(=O)O)cc(C)c(C(C)(C)C)c1C. The van der Waals surface area contributed by atoms with Crippen molar-refractivity contribution in [3.05, 3.63) is 28.3 Å². The van der Waals surface area contributed by atoms with E-state index in [2.05, 4.69) is 20.8 Å². The summed E-state index contributed by atoms with van der Waals surface area (Å²) >= 11 is 0. The number of benzene rings is 1. The molecule has 1 rings (SSSR count). The summed E-state index contributed by atoms with van der Waals surface area (Å²) in [6.45, 7) is 12.6. The lowest BCUT2D eigenvalue weighted by Gasteiger charge is -2.27. The Bertz CT molecular complexity index is 468. The molecule has 1 N–H and O–H groups in total. The normalized spacial score (nSPS) is 11.4. The van der Waals surface area contributed by atoms with Gasteiger partial charge in [0.05, 0.1) is 0 Å². The molecule has 100 valence electrons. The molecule has 0 saturated carbocycles. The largest absolute Gasteiger partial charge is 0.511 e. The fourth-order valence-electron chi connectivity index (χ4n) is 2.77. The quantitative estimate of drug-likeness (QED) is 0.631. The van der Waals surface area contributed by atoms with E-state index in [-0.39, 0.29) is 5.41 Å². The molecule has 0 unspecified atom stereocenters. The van der Waals surface area contributed by atoms with Gasteiger partial charge in [0, 0.05) is 0 Å². The lowest BCUT2D eigenvalue weighted by Crippen LogP contribution is -2.17. The second-order valence-corrected chi connectivity index (χ2v) is 5.64. The van der Waals surface area contributed by atoms with Crippen molar-refractivity contribution >= 4 is 6.16 Å². The molecule has 0 heterocycles. The molecule has 0 spiro atoms. The lowest BCUT2D eigenvalue weighted by atomic mass is 9.79. The fraction of sp³-hybridized carbons (Fsp3) is 0.533. The molecular formula is C15H22O3. The molecule has 0 aliphatic heterocycles. The summed E-state index contributed by atoms with van der Waals surface area (Å²) in [5, 5.41) is 8.78. The first-order valence-electron chi connectivity index (χ1n) is 6.22. The summed E-state index contributed by atoms with van der Waals surface area (Å²) in [7, 11) is 0. The summed E-state index contributed by atoms with van der Waals surface area (Å²) in [6.07, 6.45) is -0.496. The molecule has 1 aromatic rings. The smallest absolute Gasteiger partial charge is 0.449 e. The van der Waals surface area contributed by atoms with Crippen LogP contribution in [0.15, 0.2) is 6.07 Å². The van der Waals surface area contributed by atoms with Gasteiger partial charge in [-0.15, -0.1) is 0 Å². The molecule has 0 aliphatic rings. The van der Waals surface area contributed by atoms with Crippen LogP contribution in [0.2, 0.25) is 0 Å². The van der Waals surface area contributed by atoms with Crippen molar-refractivity contribution in [3.8, 4) is 5.75 Å². The van der Waals surface area contributed by atoms with Crippen molar-refractivity contribution in [1.29, 1.82) is 0 Å². The van der Waals surface area contributed by atoms with Crippen LogP contribution in [-0.2, 0) is 11.8 Å². The highest BCUT2D eigenvalue weighted by atomic mass is 16.7. The Hall–Kier alpha value is -1.51. The predicted octanol–water partition coefficient (Wildman–Crippen LogP) is 4.22. The maximum atomic E-state index is 10.7. The maximum Gasteiger partial charge on any atom is 0.511 e. The van der Waals surface area contributed by atoms with Gasteiger partial charge in [-0.05, 0) is 54.0 Å². The number of carbonyl (C=O) groups is 1. The van der Waals surface area contributed by atoms with Crippen LogP contribution in [0.5, 0.6) is 5.75 Å². The zero-order valence-corrected chi connectivity index (χ0v) is 12.0. The Balaban J connectivity index is 3.49. The lowest BCUT2D eigenvalue weighted by molar-refractivity contribution is 0.144. The van der Waals surface area contributed by atoms with Crippen LogP contribution >= 0.6 is 0 Å². The van der Waals surface area contributed by atoms with Crippen LogP contribution in [0.25, 0.3) is 0 Å². The third-order valence-electron chi connectivity index (χ3n) is 3.17. The third-order valence-corrected chi connectivity index (χ3v) is 3.17. The molecule has 0 radical (unpaired) electrons. The van der Waals surface area contributed by atoms with Crippen LogP contribution < -0.4 is 4.74 Å². The van der Waals surface area contributed by atoms with Gasteiger partial charge in [-0.3, -0.25) is 0 Å². The van der Waals surface area contributed by atoms with Crippen molar-refractivity contribution in [1.82, 2.24) is 0 Å². The Labute approximate surface area is 109 Å². The highest BCUT2D eigenvalue weighted by Crippen LogP contribution is 2.35. The van der Waals surface area contributed by atoms with Crippen LogP contribution in [0.1, 0.15) is 49.9 Å². The highest BCUT2D eigenvalue weighted by Gasteiger charge is 2.23. The number of rotatable bonds is 2. The average Bonchev–Trinajstić information content (AvgIpc) is 2.13. The number of ether oxygens (including phenoxy) is 1. The zero-order chi connectivity index (χ0) is 14.1. The zero-order valence-electron chi connectivity index (χ0n) is 12.0. The molecule has 1 aromatic carbocycles. The minimum atomic E-state index is -1.26. The van der Waals surface area contributed by atoms with Crippen molar-refractivity contribution in [2.45, 2.75) is 53.4 Å². The summed E-state index contributed by atoms with van der Waals surface area (Å²) in [6, 6.07) is 1.83. The van der Waals surface area contributed by atoms with E-state index in [0.29, 0.717) is 5.75 Å². The summed E-state index contributed by atoms with van der Waals surface area (Å²) < 4.78 is 4.88. The van der Waals surface area contributed by atoms with Crippen molar-refractivity contribution in [2.24, 2.45) is 0 Å². The minimum Gasteiger partial charge on any atom is -0.449 e. The van der Waals surface area contributed by atoms with Crippen LogP contribution in [0.3, 0.4) is 0 Å². The molecular weight excluding hydrogens is 228 g/mol. The molecule has 0 aliphatic carbocycles. The maximum absolute atomic E-state index is 10.7. The topological polar surface area (TPSA) is 46.5 Å². The van der Waals surface area contributed by atoms with Gasteiger partial charge in [0.1, 0.15) is 5.75 Å².